The molecule has 8 heteroatoms. The van der Waals surface area contributed by atoms with Crippen LogP contribution in [0.3, 0.4) is 0 Å². The van der Waals surface area contributed by atoms with E-state index in [1.54, 1.807) is 7.11 Å². The van der Waals surface area contributed by atoms with Gasteiger partial charge >= 0.3 is 0 Å². The van der Waals surface area contributed by atoms with Crippen molar-refractivity contribution >= 4 is 11.8 Å². The zero-order valence-electron chi connectivity index (χ0n) is 16.4. The Bertz CT molecular complexity index is 676. The SMILES string of the molecule is COc1ccc(CN2CCNC(=O)C2)cc1OCCCNC(=O)C1CCCO1. The highest BCUT2D eigenvalue weighted by Gasteiger charge is 2.22. The third-order valence-corrected chi connectivity index (χ3v) is 4.85. The Kier molecular flexibility index (Phi) is 7.50. The number of carbonyl (C=O) groups excluding carboxylic acids is 2. The first-order chi connectivity index (χ1) is 13.7. The van der Waals surface area contributed by atoms with Gasteiger partial charge in [0.1, 0.15) is 6.10 Å². The summed E-state index contributed by atoms with van der Waals surface area (Å²) in [7, 11) is 1.61. The van der Waals surface area contributed by atoms with Crippen molar-refractivity contribution in [3.63, 3.8) is 0 Å². The first-order valence-corrected chi connectivity index (χ1v) is 9.84. The Balaban J connectivity index is 1.45. The van der Waals surface area contributed by atoms with Crippen LogP contribution in [0.4, 0.5) is 0 Å². The molecule has 2 fully saturated rings. The van der Waals surface area contributed by atoms with Gasteiger partial charge in [0.2, 0.25) is 11.8 Å². The molecule has 0 bridgehead atoms. The van der Waals surface area contributed by atoms with Crippen LogP contribution in [0.15, 0.2) is 18.2 Å². The average molecular weight is 391 g/mol. The predicted octanol–water partition coefficient (Wildman–Crippen LogP) is 0.691. The molecule has 2 heterocycles. The van der Waals surface area contributed by atoms with E-state index in [4.69, 9.17) is 14.2 Å². The molecule has 28 heavy (non-hydrogen) atoms. The van der Waals surface area contributed by atoms with E-state index in [9.17, 15) is 9.59 Å². The molecule has 8 nitrogen and oxygen atoms in total. The number of piperazine rings is 1. The van der Waals surface area contributed by atoms with Crippen LogP contribution >= 0.6 is 0 Å². The number of ether oxygens (including phenoxy) is 3. The van der Waals surface area contributed by atoms with E-state index < -0.39 is 0 Å². The van der Waals surface area contributed by atoms with Crippen molar-refractivity contribution in [1.82, 2.24) is 15.5 Å². The fourth-order valence-corrected chi connectivity index (χ4v) is 3.38. The molecule has 2 N–H and O–H groups in total. The van der Waals surface area contributed by atoms with E-state index in [1.807, 2.05) is 18.2 Å². The number of amides is 2. The third-order valence-electron chi connectivity index (χ3n) is 4.85. The highest BCUT2D eigenvalue weighted by atomic mass is 16.5. The van der Waals surface area contributed by atoms with Gasteiger partial charge < -0.3 is 24.8 Å². The summed E-state index contributed by atoms with van der Waals surface area (Å²) in [4.78, 5) is 25.5. The van der Waals surface area contributed by atoms with E-state index >= 15 is 0 Å². The monoisotopic (exact) mass is 391 g/mol. The number of hydrogen-bond donors (Lipinski definition) is 2. The highest BCUT2D eigenvalue weighted by molar-refractivity contribution is 5.80. The van der Waals surface area contributed by atoms with Crippen LogP contribution in [0.1, 0.15) is 24.8 Å². The summed E-state index contributed by atoms with van der Waals surface area (Å²) >= 11 is 0. The molecule has 2 aliphatic rings. The molecule has 2 aliphatic heterocycles. The lowest BCUT2D eigenvalue weighted by molar-refractivity contribution is -0.130. The second-order valence-corrected chi connectivity index (χ2v) is 7.04. The zero-order chi connectivity index (χ0) is 19.8. The normalized spacial score (nSPS) is 19.9. The van der Waals surface area contributed by atoms with Crippen molar-refractivity contribution in [2.45, 2.75) is 31.9 Å². The number of nitrogens with zero attached hydrogens (tertiary/aromatic N) is 1. The fourth-order valence-electron chi connectivity index (χ4n) is 3.38. The van der Waals surface area contributed by atoms with Crippen LogP contribution in [0.2, 0.25) is 0 Å². The molecular weight excluding hydrogens is 362 g/mol. The molecule has 0 aliphatic carbocycles. The first kappa shape index (κ1) is 20.4. The summed E-state index contributed by atoms with van der Waals surface area (Å²) in [5, 5.41) is 5.72. The molecule has 1 aromatic carbocycles. The molecule has 1 aromatic rings. The number of carbonyl (C=O) groups is 2. The number of benzene rings is 1. The average Bonchev–Trinajstić information content (AvgIpc) is 3.23. The maximum Gasteiger partial charge on any atom is 0.249 e. The molecule has 0 saturated carbocycles. The van der Waals surface area contributed by atoms with Crippen molar-refractivity contribution in [3.8, 4) is 11.5 Å². The van der Waals surface area contributed by atoms with Crippen molar-refractivity contribution in [2.75, 3.05) is 46.5 Å². The number of hydrogen-bond acceptors (Lipinski definition) is 6. The molecule has 2 saturated heterocycles. The molecule has 3 rings (SSSR count). The van der Waals surface area contributed by atoms with Crippen molar-refractivity contribution in [2.24, 2.45) is 0 Å². The summed E-state index contributed by atoms with van der Waals surface area (Å²) in [6, 6.07) is 5.82. The first-order valence-electron chi connectivity index (χ1n) is 9.84. The summed E-state index contributed by atoms with van der Waals surface area (Å²) in [5.41, 5.74) is 1.07. The quantitative estimate of drug-likeness (QED) is 0.602. The Morgan fingerprint density at radius 1 is 1.39 bits per heavy atom. The third kappa shape index (κ3) is 5.84. The smallest absolute Gasteiger partial charge is 0.249 e. The zero-order valence-corrected chi connectivity index (χ0v) is 16.4. The minimum absolute atomic E-state index is 0.0392. The maximum atomic E-state index is 11.9. The van der Waals surface area contributed by atoms with Crippen molar-refractivity contribution in [1.29, 1.82) is 0 Å². The maximum absolute atomic E-state index is 11.9. The predicted molar refractivity (Wildman–Crippen MR) is 103 cm³/mol. The van der Waals surface area contributed by atoms with E-state index in [2.05, 4.69) is 15.5 Å². The molecule has 1 atom stereocenters. The fraction of sp³-hybridized carbons (Fsp3) is 0.600. The molecule has 1 unspecified atom stereocenters. The minimum atomic E-state index is -0.297. The summed E-state index contributed by atoms with van der Waals surface area (Å²) in [6.07, 6.45) is 2.14. The Morgan fingerprint density at radius 3 is 3.04 bits per heavy atom. The Morgan fingerprint density at radius 2 is 2.29 bits per heavy atom. The highest BCUT2D eigenvalue weighted by Crippen LogP contribution is 2.28. The van der Waals surface area contributed by atoms with Gasteiger partial charge in [-0.25, -0.2) is 0 Å². The van der Waals surface area contributed by atoms with Gasteiger partial charge in [-0.2, -0.15) is 0 Å². The van der Waals surface area contributed by atoms with Gasteiger partial charge in [-0.3, -0.25) is 14.5 Å². The van der Waals surface area contributed by atoms with Gasteiger partial charge in [-0.05, 0) is 37.0 Å². The topological polar surface area (TPSA) is 89.1 Å². The van der Waals surface area contributed by atoms with Gasteiger partial charge in [0, 0.05) is 32.8 Å². The van der Waals surface area contributed by atoms with Crippen molar-refractivity contribution < 1.29 is 23.8 Å². The van der Waals surface area contributed by atoms with Gasteiger partial charge in [0.05, 0.1) is 20.3 Å². The van der Waals surface area contributed by atoms with Crippen molar-refractivity contribution in [3.05, 3.63) is 23.8 Å². The number of rotatable bonds is 9. The second-order valence-electron chi connectivity index (χ2n) is 7.04. The number of methoxy groups -OCH3 is 1. The Hall–Kier alpha value is -2.32. The largest absolute Gasteiger partial charge is 0.493 e. The summed E-state index contributed by atoms with van der Waals surface area (Å²) < 4.78 is 16.6. The van der Waals surface area contributed by atoms with Gasteiger partial charge in [-0.1, -0.05) is 6.07 Å². The standard InChI is InChI=1S/C20H29N3O5/c1-26-16-6-5-15(13-23-9-8-21-19(24)14-23)12-18(16)28-11-3-7-22-20(25)17-4-2-10-27-17/h5-6,12,17H,2-4,7-11,13-14H2,1H3,(H,21,24)(H,22,25). The van der Waals surface area contributed by atoms with Crippen LogP contribution in [-0.2, 0) is 20.9 Å². The van der Waals surface area contributed by atoms with E-state index in [-0.39, 0.29) is 17.9 Å². The van der Waals surface area contributed by atoms with Crippen LogP contribution in [-0.4, -0.2) is 69.3 Å². The molecule has 0 aromatic heterocycles. The molecular formula is C20H29N3O5. The van der Waals surface area contributed by atoms with Gasteiger partial charge in [0.15, 0.2) is 11.5 Å². The molecule has 0 radical (unpaired) electrons. The molecule has 2 amide bonds. The van der Waals surface area contributed by atoms with E-state index in [0.29, 0.717) is 57.3 Å². The lowest BCUT2D eigenvalue weighted by Crippen LogP contribution is -2.47. The second kappa shape index (κ2) is 10.3. The minimum Gasteiger partial charge on any atom is -0.493 e. The summed E-state index contributed by atoms with van der Waals surface area (Å²) in [5.74, 6) is 1.36. The van der Waals surface area contributed by atoms with E-state index in [0.717, 1.165) is 24.9 Å². The van der Waals surface area contributed by atoms with E-state index in [1.165, 1.54) is 0 Å². The van der Waals surface area contributed by atoms with Crippen LogP contribution in [0, 0.1) is 0 Å². The van der Waals surface area contributed by atoms with Gasteiger partial charge in [0.25, 0.3) is 0 Å². The Labute approximate surface area is 165 Å². The lowest BCUT2D eigenvalue weighted by atomic mass is 10.1. The molecule has 0 spiro atoms. The lowest BCUT2D eigenvalue weighted by Gasteiger charge is -2.26. The van der Waals surface area contributed by atoms with Crippen LogP contribution < -0.4 is 20.1 Å². The van der Waals surface area contributed by atoms with Crippen LogP contribution in [0.5, 0.6) is 11.5 Å². The van der Waals surface area contributed by atoms with Crippen LogP contribution in [0.25, 0.3) is 0 Å². The number of nitrogens with one attached hydrogen (secondary N) is 2. The summed E-state index contributed by atoms with van der Waals surface area (Å²) in [6.45, 7) is 4.28. The van der Waals surface area contributed by atoms with Gasteiger partial charge in [-0.15, -0.1) is 0 Å². The molecule has 154 valence electrons.